The molecule has 12 nitrogen and oxygen atoms in total. The van der Waals surface area contributed by atoms with Crippen LogP contribution in [0.2, 0.25) is 0 Å². The first-order valence-electron chi connectivity index (χ1n) is 13.2. The number of urea groups is 2. The Balaban J connectivity index is 0.000000248. The fraction of sp³-hybridized carbons (Fsp3) is 0.0968. The zero-order chi connectivity index (χ0) is 31.4. The van der Waals surface area contributed by atoms with E-state index in [9.17, 15) is 33.5 Å². The average molecular weight is 659 g/mol. The van der Waals surface area contributed by atoms with Gasteiger partial charge in [-0.05, 0) is 22.3 Å². The van der Waals surface area contributed by atoms with Gasteiger partial charge in [0.15, 0.2) is 11.1 Å². The molecule has 2 saturated heterocycles. The van der Waals surface area contributed by atoms with Crippen LogP contribution in [0.5, 0.6) is 0 Å². The molecule has 3 N–H and O–H groups in total. The predicted molar refractivity (Wildman–Crippen MR) is 153 cm³/mol. The minimum Gasteiger partial charge on any atom is -0.790 e. The number of phosphoric ester groups is 1. The van der Waals surface area contributed by atoms with Crippen LogP contribution in [-0.2, 0) is 29.8 Å². The van der Waals surface area contributed by atoms with Gasteiger partial charge in [-0.15, -0.1) is 0 Å². The van der Waals surface area contributed by atoms with Crippen LogP contribution in [0.3, 0.4) is 0 Å². The fourth-order valence-corrected chi connectivity index (χ4v) is 5.42. The Bertz CT molecular complexity index is 1650. The molecule has 2 aliphatic rings. The van der Waals surface area contributed by atoms with Crippen molar-refractivity contribution in [1.29, 1.82) is 0 Å². The summed E-state index contributed by atoms with van der Waals surface area (Å²) in [4.78, 5) is 71.1. The van der Waals surface area contributed by atoms with Gasteiger partial charge in [0, 0.05) is 0 Å². The first kappa shape index (κ1) is 37.3. The van der Waals surface area contributed by atoms with Gasteiger partial charge in [0.2, 0.25) is 0 Å². The van der Waals surface area contributed by atoms with Gasteiger partial charge in [0.25, 0.3) is 11.8 Å². The number of imide groups is 2. The van der Waals surface area contributed by atoms with Gasteiger partial charge in [0.05, 0.1) is 7.82 Å². The second-order valence-corrected chi connectivity index (χ2v) is 10.9. The van der Waals surface area contributed by atoms with Crippen molar-refractivity contribution in [3.8, 4) is 0 Å². The summed E-state index contributed by atoms with van der Waals surface area (Å²) in [5, 5.41) is 7.67. The summed E-state index contributed by atoms with van der Waals surface area (Å²) in [7, 11) is -5.33. The maximum atomic E-state index is 13.0. The Hall–Kier alpha value is -3.13. The number of carbonyl (C=O) groups excluding carboxylic acids is 4. The second-order valence-electron chi connectivity index (χ2n) is 9.74. The summed E-state index contributed by atoms with van der Waals surface area (Å²) in [5.41, 5.74) is -0.198. The minimum atomic E-state index is -5.33. The van der Waals surface area contributed by atoms with E-state index in [1.54, 1.807) is 60.7 Å². The van der Waals surface area contributed by atoms with Crippen molar-refractivity contribution in [2.45, 2.75) is 11.1 Å². The molecule has 0 unspecified atom stereocenters. The molecular formula is C31H25N4Na2O8P. The summed E-state index contributed by atoms with van der Waals surface area (Å²) in [5.74, 6) is -1.08. The smallest absolute Gasteiger partial charge is 0.790 e. The van der Waals surface area contributed by atoms with Crippen LogP contribution < -0.4 is 84.9 Å². The number of benzene rings is 4. The van der Waals surface area contributed by atoms with Gasteiger partial charge in [-0.25, -0.2) is 14.5 Å². The third-order valence-electron chi connectivity index (χ3n) is 7.15. The monoisotopic (exact) mass is 658 g/mol. The summed E-state index contributed by atoms with van der Waals surface area (Å²) >= 11 is 0. The molecule has 6 rings (SSSR count). The minimum absolute atomic E-state index is 0. The summed E-state index contributed by atoms with van der Waals surface area (Å²) in [6.45, 7) is -0.976. The standard InChI is InChI=1S/C16H15N2O6P.C15H12N2O2.2Na/c19-14-16(12-7-3-1-4-8-12,13-9-5-2-6-10-13)17-15(20)18(14)11-24-25(21,22)23;18-13-15(17-14(19)16-13,11-7-3-1-4-8-11)12-9-5-2-6-10-12;;/h1-10H,11H2,(H,17,20)(H2,21,22,23);1-10H,(H2,16,17,18,19);;/q;;2*+1/p-2. The van der Waals surface area contributed by atoms with Crippen molar-refractivity contribution in [3.63, 3.8) is 0 Å². The van der Waals surface area contributed by atoms with Gasteiger partial charge < -0.3 is 29.5 Å². The van der Waals surface area contributed by atoms with Gasteiger partial charge in [-0.3, -0.25) is 14.9 Å². The number of carbonyl (C=O) groups is 4. The molecule has 0 bridgehead atoms. The van der Waals surface area contributed by atoms with E-state index in [-0.39, 0.29) is 65.0 Å². The zero-order valence-corrected chi connectivity index (χ0v) is 29.8. The van der Waals surface area contributed by atoms with Crippen molar-refractivity contribution < 1.29 is 97.2 Å². The molecule has 0 saturated carbocycles. The summed E-state index contributed by atoms with van der Waals surface area (Å²) in [6, 6.07) is 34.2. The molecule has 6 amide bonds. The molecule has 2 aliphatic heterocycles. The zero-order valence-electron chi connectivity index (χ0n) is 24.9. The number of nitrogens with zero attached hydrogens (tertiary/aromatic N) is 1. The van der Waals surface area contributed by atoms with Crippen LogP contribution in [0.1, 0.15) is 22.3 Å². The molecule has 0 atom stereocenters. The van der Waals surface area contributed by atoms with Crippen LogP contribution in [-0.4, -0.2) is 35.5 Å². The number of phosphoric acid groups is 1. The first-order valence-corrected chi connectivity index (χ1v) is 14.7. The van der Waals surface area contributed by atoms with Crippen LogP contribution >= 0.6 is 7.82 Å². The fourth-order valence-electron chi connectivity index (χ4n) is 5.16. The van der Waals surface area contributed by atoms with Crippen LogP contribution in [0.25, 0.3) is 0 Å². The topological polar surface area (TPSA) is 180 Å². The van der Waals surface area contributed by atoms with Crippen molar-refractivity contribution in [2.24, 2.45) is 0 Å². The maximum absolute atomic E-state index is 13.0. The molecule has 4 aromatic carbocycles. The maximum Gasteiger partial charge on any atom is 1.00 e. The predicted octanol–water partition coefficient (Wildman–Crippen LogP) is -3.94. The Morgan fingerprint density at radius 1 is 0.609 bits per heavy atom. The average Bonchev–Trinajstić information content (AvgIpc) is 3.49. The van der Waals surface area contributed by atoms with Crippen LogP contribution in [0.4, 0.5) is 9.59 Å². The SMILES string of the molecule is O=C1NC(=O)C(c2ccccc2)(c2ccccc2)N1.O=C1NC(c2ccccc2)(c2ccccc2)C(=O)N1COP(=O)([O-])[O-].[Na+].[Na+]. The van der Waals surface area contributed by atoms with E-state index in [1.807, 2.05) is 60.7 Å². The Labute approximate surface area is 308 Å². The molecule has 15 heteroatoms. The summed E-state index contributed by atoms with van der Waals surface area (Å²) < 4.78 is 14.8. The van der Waals surface area contributed by atoms with Crippen LogP contribution in [0.15, 0.2) is 121 Å². The Morgan fingerprint density at radius 2 is 0.978 bits per heavy atom. The van der Waals surface area contributed by atoms with Crippen molar-refractivity contribution in [3.05, 3.63) is 144 Å². The molecule has 4 aromatic rings. The van der Waals surface area contributed by atoms with Crippen molar-refractivity contribution in [2.75, 3.05) is 6.73 Å². The third kappa shape index (κ3) is 7.53. The normalized spacial score (nSPS) is 16.1. The van der Waals surface area contributed by atoms with E-state index >= 15 is 0 Å². The molecule has 0 aromatic heterocycles. The van der Waals surface area contributed by atoms with Gasteiger partial charge >= 0.3 is 71.2 Å². The molecular weight excluding hydrogens is 633 g/mol. The molecule has 2 fully saturated rings. The number of hydrogen-bond acceptors (Lipinski definition) is 8. The second kappa shape index (κ2) is 15.6. The quantitative estimate of drug-likeness (QED) is 0.102. The van der Waals surface area contributed by atoms with E-state index in [0.717, 1.165) is 11.1 Å². The van der Waals surface area contributed by atoms with Gasteiger partial charge in [-0.1, -0.05) is 121 Å². The summed E-state index contributed by atoms with van der Waals surface area (Å²) in [6.07, 6.45) is 0. The Morgan fingerprint density at radius 3 is 1.30 bits per heavy atom. The van der Waals surface area contributed by atoms with E-state index in [0.29, 0.717) is 16.0 Å². The molecule has 224 valence electrons. The number of amides is 6. The number of nitrogens with one attached hydrogen (secondary N) is 3. The van der Waals surface area contributed by atoms with Crippen molar-refractivity contribution in [1.82, 2.24) is 20.9 Å². The molecule has 46 heavy (non-hydrogen) atoms. The van der Waals surface area contributed by atoms with E-state index in [2.05, 4.69) is 20.5 Å². The van der Waals surface area contributed by atoms with E-state index in [4.69, 9.17) is 0 Å². The van der Waals surface area contributed by atoms with Gasteiger partial charge in [-0.2, -0.15) is 0 Å². The molecule has 0 radical (unpaired) electrons. The van der Waals surface area contributed by atoms with E-state index in [1.165, 1.54) is 0 Å². The third-order valence-corrected chi connectivity index (χ3v) is 7.58. The molecule has 2 heterocycles. The van der Waals surface area contributed by atoms with Crippen molar-refractivity contribution >= 4 is 31.7 Å². The van der Waals surface area contributed by atoms with Crippen LogP contribution in [0, 0.1) is 0 Å². The van der Waals surface area contributed by atoms with E-state index < -0.39 is 43.6 Å². The number of rotatable bonds is 7. The van der Waals surface area contributed by atoms with Gasteiger partial charge in [0.1, 0.15) is 6.73 Å². The largest absolute Gasteiger partial charge is 1.00 e. The Kier molecular flexibility index (Phi) is 12.7. The first-order chi connectivity index (χ1) is 21.1. The molecule has 0 spiro atoms. The number of hydrogen-bond donors (Lipinski definition) is 3. The molecule has 0 aliphatic carbocycles.